The van der Waals surface area contributed by atoms with Gasteiger partial charge >= 0.3 is 5.97 Å². The minimum atomic E-state index is -3.75. The number of nitrogens with zero attached hydrogens (tertiary/aromatic N) is 1. The van der Waals surface area contributed by atoms with Crippen molar-refractivity contribution in [2.24, 2.45) is 0 Å². The first-order chi connectivity index (χ1) is 7.81. The van der Waals surface area contributed by atoms with Crippen molar-refractivity contribution in [2.75, 3.05) is 12.8 Å². The lowest BCUT2D eigenvalue weighted by atomic mass is 10.2. The fourth-order valence-corrected chi connectivity index (χ4v) is 2.58. The largest absolute Gasteiger partial charge is 0.480 e. The highest BCUT2D eigenvalue weighted by atomic mass is 79.9. The summed E-state index contributed by atoms with van der Waals surface area (Å²) in [5.41, 5.74) is 0.788. The van der Waals surface area contributed by atoms with E-state index in [-0.39, 0.29) is 6.54 Å². The Labute approximate surface area is 108 Å². The molecule has 1 rings (SSSR count). The van der Waals surface area contributed by atoms with Crippen molar-refractivity contribution < 1.29 is 18.3 Å². The number of halogens is 1. The van der Waals surface area contributed by atoms with E-state index in [1.165, 1.54) is 7.05 Å². The molecule has 0 aliphatic carbocycles. The summed E-state index contributed by atoms with van der Waals surface area (Å²) in [4.78, 5) is 10.4. The van der Waals surface area contributed by atoms with E-state index >= 15 is 0 Å². The highest BCUT2D eigenvalue weighted by molar-refractivity contribution is 9.10. The van der Waals surface area contributed by atoms with Gasteiger partial charge in [0.2, 0.25) is 10.0 Å². The predicted octanol–water partition coefficient (Wildman–Crippen LogP) is 1.30. The van der Waals surface area contributed by atoms with Gasteiger partial charge in [-0.1, -0.05) is 28.1 Å². The number of carboxylic acid groups (broad SMARTS) is 1. The van der Waals surface area contributed by atoms with Gasteiger partial charge in [0.05, 0.1) is 0 Å². The zero-order valence-corrected chi connectivity index (χ0v) is 11.5. The SMILES string of the molecule is CN(Cc1cccc(Br)c1)S(=O)(=O)CC(=O)O. The Kier molecular flexibility index (Phi) is 4.67. The predicted molar refractivity (Wildman–Crippen MR) is 67.0 cm³/mol. The molecule has 17 heavy (non-hydrogen) atoms. The Hall–Kier alpha value is -0.920. The summed E-state index contributed by atoms with van der Waals surface area (Å²) in [6, 6.07) is 7.18. The molecule has 0 bridgehead atoms. The maximum absolute atomic E-state index is 11.6. The molecule has 1 aromatic carbocycles. The van der Waals surface area contributed by atoms with Crippen LogP contribution in [-0.4, -0.2) is 36.6 Å². The van der Waals surface area contributed by atoms with E-state index in [1.807, 2.05) is 6.07 Å². The Morgan fingerprint density at radius 1 is 1.47 bits per heavy atom. The zero-order valence-electron chi connectivity index (χ0n) is 9.13. The second-order valence-electron chi connectivity index (χ2n) is 3.54. The fourth-order valence-electron chi connectivity index (χ4n) is 1.26. The molecule has 0 aromatic heterocycles. The summed E-state index contributed by atoms with van der Waals surface area (Å²) in [5, 5.41) is 8.49. The van der Waals surface area contributed by atoms with E-state index in [1.54, 1.807) is 18.2 Å². The Morgan fingerprint density at radius 3 is 2.65 bits per heavy atom. The number of aliphatic carboxylic acids is 1. The molecule has 0 atom stereocenters. The summed E-state index contributed by atoms with van der Waals surface area (Å²) < 4.78 is 25.0. The minimum absolute atomic E-state index is 0.148. The fraction of sp³-hybridized carbons (Fsp3) is 0.300. The van der Waals surface area contributed by atoms with Crippen LogP contribution in [0.4, 0.5) is 0 Å². The molecule has 0 saturated carbocycles. The van der Waals surface area contributed by atoms with E-state index < -0.39 is 21.7 Å². The molecule has 5 nitrogen and oxygen atoms in total. The van der Waals surface area contributed by atoms with Crippen LogP contribution in [0.15, 0.2) is 28.7 Å². The van der Waals surface area contributed by atoms with Gasteiger partial charge in [-0.05, 0) is 17.7 Å². The average Bonchev–Trinajstić information content (AvgIpc) is 2.15. The number of sulfonamides is 1. The smallest absolute Gasteiger partial charge is 0.320 e. The third-order valence-electron chi connectivity index (χ3n) is 2.08. The maximum atomic E-state index is 11.6. The Bertz CT molecular complexity index is 515. The van der Waals surface area contributed by atoms with Crippen LogP contribution in [0.5, 0.6) is 0 Å². The molecule has 1 N–H and O–H groups in total. The molecule has 0 unspecified atom stereocenters. The van der Waals surface area contributed by atoms with Gasteiger partial charge in [-0.2, -0.15) is 0 Å². The van der Waals surface area contributed by atoms with E-state index in [4.69, 9.17) is 5.11 Å². The Morgan fingerprint density at radius 2 is 2.12 bits per heavy atom. The number of carbonyl (C=O) groups is 1. The molecule has 0 spiro atoms. The van der Waals surface area contributed by atoms with Crippen molar-refractivity contribution in [1.29, 1.82) is 0 Å². The first kappa shape index (κ1) is 14.1. The number of rotatable bonds is 5. The topological polar surface area (TPSA) is 74.7 Å². The van der Waals surface area contributed by atoms with Gasteiger partial charge in [0.15, 0.2) is 5.75 Å². The highest BCUT2D eigenvalue weighted by Crippen LogP contribution is 2.14. The molecular weight excluding hydrogens is 310 g/mol. The molecule has 7 heteroatoms. The maximum Gasteiger partial charge on any atom is 0.320 e. The van der Waals surface area contributed by atoms with E-state index in [0.717, 1.165) is 14.3 Å². The highest BCUT2D eigenvalue weighted by Gasteiger charge is 2.21. The molecule has 0 amide bonds. The third-order valence-corrected chi connectivity index (χ3v) is 4.26. The van der Waals surface area contributed by atoms with Crippen LogP contribution in [0.3, 0.4) is 0 Å². The van der Waals surface area contributed by atoms with Crippen molar-refractivity contribution in [1.82, 2.24) is 4.31 Å². The monoisotopic (exact) mass is 321 g/mol. The quantitative estimate of drug-likeness (QED) is 0.886. The number of hydrogen-bond acceptors (Lipinski definition) is 3. The summed E-state index contributed by atoms with van der Waals surface area (Å²) in [5.74, 6) is -2.25. The molecule has 94 valence electrons. The van der Waals surface area contributed by atoms with Crippen molar-refractivity contribution in [3.05, 3.63) is 34.3 Å². The van der Waals surface area contributed by atoms with Crippen LogP contribution in [0, 0.1) is 0 Å². The lowest BCUT2D eigenvalue weighted by Gasteiger charge is -2.15. The lowest BCUT2D eigenvalue weighted by molar-refractivity contribution is -0.134. The number of hydrogen-bond donors (Lipinski definition) is 1. The molecule has 0 aliphatic rings. The second-order valence-corrected chi connectivity index (χ2v) is 6.53. The molecule has 1 aromatic rings. The van der Waals surface area contributed by atoms with Crippen LogP contribution >= 0.6 is 15.9 Å². The molecular formula is C10H12BrNO4S. The van der Waals surface area contributed by atoms with Crippen molar-refractivity contribution in [2.45, 2.75) is 6.54 Å². The van der Waals surface area contributed by atoms with Crippen LogP contribution < -0.4 is 0 Å². The normalized spacial score (nSPS) is 11.7. The standard InChI is InChI=1S/C10H12BrNO4S/c1-12(17(15,16)7-10(13)14)6-8-3-2-4-9(11)5-8/h2-5H,6-7H2,1H3,(H,13,14). The molecule has 0 saturated heterocycles. The van der Waals surface area contributed by atoms with Gasteiger partial charge in [0, 0.05) is 18.1 Å². The van der Waals surface area contributed by atoms with E-state index in [0.29, 0.717) is 0 Å². The molecule has 0 fully saturated rings. The van der Waals surface area contributed by atoms with Gasteiger partial charge < -0.3 is 5.11 Å². The first-order valence-corrected chi connectivity index (χ1v) is 7.12. The lowest BCUT2D eigenvalue weighted by Crippen LogP contribution is -2.31. The second kappa shape index (κ2) is 5.61. The van der Waals surface area contributed by atoms with Crippen LogP contribution in [0.2, 0.25) is 0 Å². The van der Waals surface area contributed by atoms with Crippen molar-refractivity contribution >= 4 is 31.9 Å². The van der Waals surface area contributed by atoms with Gasteiger partial charge in [0.25, 0.3) is 0 Å². The summed E-state index contributed by atoms with van der Waals surface area (Å²) in [6.45, 7) is 0.148. The average molecular weight is 322 g/mol. The minimum Gasteiger partial charge on any atom is -0.480 e. The van der Waals surface area contributed by atoms with Crippen LogP contribution in [0.1, 0.15) is 5.56 Å². The van der Waals surface area contributed by atoms with E-state index in [2.05, 4.69) is 15.9 Å². The number of carboxylic acids is 1. The van der Waals surface area contributed by atoms with Gasteiger partial charge in [-0.15, -0.1) is 0 Å². The summed E-state index contributed by atoms with van der Waals surface area (Å²) in [6.07, 6.45) is 0. The van der Waals surface area contributed by atoms with Gasteiger partial charge in [0.1, 0.15) is 0 Å². The Balaban J connectivity index is 2.79. The molecule has 0 radical (unpaired) electrons. The van der Waals surface area contributed by atoms with Crippen LogP contribution in [-0.2, 0) is 21.4 Å². The van der Waals surface area contributed by atoms with Crippen molar-refractivity contribution in [3.63, 3.8) is 0 Å². The van der Waals surface area contributed by atoms with Crippen LogP contribution in [0.25, 0.3) is 0 Å². The summed E-state index contributed by atoms with van der Waals surface area (Å²) in [7, 11) is -2.39. The zero-order chi connectivity index (χ0) is 13.1. The number of benzene rings is 1. The first-order valence-electron chi connectivity index (χ1n) is 4.71. The summed E-state index contributed by atoms with van der Waals surface area (Å²) >= 11 is 3.28. The van der Waals surface area contributed by atoms with E-state index in [9.17, 15) is 13.2 Å². The third kappa shape index (κ3) is 4.45. The van der Waals surface area contributed by atoms with Crippen molar-refractivity contribution in [3.8, 4) is 0 Å². The van der Waals surface area contributed by atoms with Gasteiger partial charge in [-0.25, -0.2) is 12.7 Å². The van der Waals surface area contributed by atoms with Gasteiger partial charge in [-0.3, -0.25) is 4.79 Å². The molecule has 0 heterocycles. The molecule has 0 aliphatic heterocycles.